The fourth-order valence-electron chi connectivity index (χ4n) is 2.89. The van der Waals surface area contributed by atoms with Crippen LogP contribution >= 0.6 is 0 Å². The van der Waals surface area contributed by atoms with Gasteiger partial charge in [0.2, 0.25) is 5.91 Å². The number of nitrogens with one attached hydrogen (secondary N) is 1. The fourth-order valence-corrected chi connectivity index (χ4v) is 2.89. The second-order valence-corrected chi connectivity index (χ2v) is 6.17. The van der Waals surface area contributed by atoms with Gasteiger partial charge in [0.15, 0.2) is 5.82 Å². The first-order valence-electron chi connectivity index (χ1n) is 8.27. The van der Waals surface area contributed by atoms with Gasteiger partial charge in [-0.05, 0) is 37.3 Å². The number of aliphatic hydroxyl groups excluding tert-OH is 1. The van der Waals surface area contributed by atoms with Gasteiger partial charge in [-0.3, -0.25) is 4.79 Å². The molecule has 5 nitrogen and oxygen atoms in total. The number of hydrogen-bond acceptors (Lipinski definition) is 4. The summed E-state index contributed by atoms with van der Waals surface area (Å²) >= 11 is 0. The highest BCUT2D eigenvalue weighted by molar-refractivity contribution is 5.94. The van der Waals surface area contributed by atoms with Crippen molar-refractivity contribution >= 4 is 17.4 Å². The lowest BCUT2D eigenvalue weighted by Crippen LogP contribution is -2.36. The number of aliphatic hydroxyl groups is 1. The van der Waals surface area contributed by atoms with Crippen molar-refractivity contribution in [3.8, 4) is 0 Å². The quantitative estimate of drug-likeness (QED) is 0.848. The van der Waals surface area contributed by atoms with E-state index < -0.39 is 0 Å². The Hall–Kier alpha value is -1.62. The smallest absolute Gasteiger partial charge is 0.227 e. The highest BCUT2D eigenvalue weighted by Gasteiger charge is 2.22. The summed E-state index contributed by atoms with van der Waals surface area (Å²) in [5.41, 5.74) is 0.790. The van der Waals surface area contributed by atoms with Crippen molar-refractivity contribution in [3.63, 3.8) is 0 Å². The van der Waals surface area contributed by atoms with Crippen LogP contribution in [-0.4, -0.2) is 35.7 Å². The third kappa shape index (κ3) is 4.19. The zero-order valence-electron chi connectivity index (χ0n) is 13.6. The molecule has 0 aromatic carbocycles. The van der Waals surface area contributed by atoms with E-state index in [1.165, 1.54) is 0 Å². The SMILES string of the molecule is CCCC(C)C(=O)Nc1cccnc1N1CCC(CO)CC1. The van der Waals surface area contributed by atoms with Crippen LogP contribution in [0.3, 0.4) is 0 Å². The van der Waals surface area contributed by atoms with Crippen LogP contribution in [0.15, 0.2) is 18.3 Å². The van der Waals surface area contributed by atoms with Crippen LogP contribution < -0.4 is 10.2 Å². The lowest BCUT2D eigenvalue weighted by molar-refractivity contribution is -0.119. The van der Waals surface area contributed by atoms with Crippen LogP contribution in [0, 0.1) is 11.8 Å². The van der Waals surface area contributed by atoms with E-state index in [2.05, 4.69) is 22.1 Å². The summed E-state index contributed by atoms with van der Waals surface area (Å²) < 4.78 is 0. The van der Waals surface area contributed by atoms with Crippen LogP contribution in [0.5, 0.6) is 0 Å². The van der Waals surface area contributed by atoms with E-state index in [-0.39, 0.29) is 18.4 Å². The molecule has 0 radical (unpaired) electrons. The minimum absolute atomic E-state index is 0.0122. The highest BCUT2D eigenvalue weighted by atomic mass is 16.3. The number of amides is 1. The summed E-state index contributed by atoms with van der Waals surface area (Å²) in [7, 11) is 0. The maximum absolute atomic E-state index is 12.2. The Morgan fingerprint density at radius 2 is 2.23 bits per heavy atom. The molecule has 1 saturated heterocycles. The summed E-state index contributed by atoms with van der Waals surface area (Å²) in [5, 5.41) is 12.3. The summed E-state index contributed by atoms with van der Waals surface area (Å²) in [5.74, 6) is 1.30. The van der Waals surface area contributed by atoms with Crippen molar-refractivity contribution in [3.05, 3.63) is 18.3 Å². The molecule has 2 heterocycles. The molecular formula is C17H27N3O2. The number of aromatic nitrogens is 1. The van der Waals surface area contributed by atoms with Crippen LogP contribution in [0.25, 0.3) is 0 Å². The van der Waals surface area contributed by atoms with Gasteiger partial charge in [-0.1, -0.05) is 20.3 Å². The van der Waals surface area contributed by atoms with E-state index >= 15 is 0 Å². The first kappa shape index (κ1) is 16.7. The molecule has 2 rings (SSSR count). The molecule has 1 aliphatic rings. The third-order valence-corrected chi connectivity index (χ3v) is 4.39. The molecule has 1 fully saturated rings. The van der Waals surface area contributed by atoms with Gasteiger partial charge in [0.1, 0.15) is 0 Å². The second-order valence-electron chi connectivity index (χ2n) is 6.17. The van der Waals surface area contributed by atoms with Crippen LogP contribution in [0.2, 0.25) is 0 Å². The third-order valence-electron chi connectivity index (χ3n) is 4.39. The van der Waals surface area contributed by atoms with Gasteiger partial charge < -0.3 is 15.3 Å². The summed E-state index contributed by atoms with van der Waals surface area (Å²) in [6.45, 7) is 6.05. The van der Waals surface area contributed by atoms with E-state index in [0.29, 0.717) is 5.92 Å². The van der Waals surface area contributed by atoms with E-state index in [4.69, 9.17) is 0 Å². The maximum Gasteiger partial charge on any atom is 0.227 e. The Morgan fingerprint density at radius 3 is 2.86 bits per heavy atom. The molecule has 0 bridgehead atoms. The minimum atomic E-state index is 0.0122. The van der Waals surface area contributed by atoms with Crippen LogP contribution in [-0.2, 0) is 4.79 Å². The zero-order chi connectivity index (χ0) is 15.9. The van der Waals surface area contributed by atoms with Gasteiger partial charge in [0, 0.05) is 31.8 Å². The normalized spacial score (nSPS) is 17.3. The number of nitrogens with zero attached hydrogens (tertiary/aromatic N) is 2. The van der Waals surface area contributed by atoms with Gasteiger partial charge >= 0.3 is 0 Å². The summed E-state index contributed by atoms with van der Waals surface area (Å²) in [6, 6.07) is 3.76. The molecule has 1 aromatic heterocycles. The first-order valence-corrected chi connectivity index (χ1v) is 8.27. The Balaban J connectivity index is 2.05. The molecule has 22 heavy (non-hydrogen) atoms. The fraction of sp³-hybridized carbons (Fsp3) is 0.647. The standard InChI is InChI=1S/C17H27N3O2/c1-3-5-13(2)17(22)19-15-6-4-9-18-16(15)20-10-7-14(12-21)8-11-20/h4,6,9,13-14,21H,3,5,7-8,10-12H2,1-2H3,(H,19,22). The minimum Gasteiger partial charge on any atom is -0.396 e. The average molecular weight is 305 g/mol. The number of carbonyl (C=O) groups is 1. The predicted octanol–water partition coefficient (Wildman–Crippen LogP) is 2.67. The van der Waals surface area contributed by atoms with Gasteiger partial charge in [-0.25, -0.2) is 4.98 Å². The molecule has 1 aromatic rings. The lowest BCUT2D eigenvalue weighted by atomic mass is 9.98. The molecular weight excluding hydrogens is 278 g/mol. The second kappa shape index (κ2) is 8.13. The number of carbonyl (C=O) groups excluding carboxylic acids is 1. The van der Waals surface area contributed by atoms with Crippen molar-refractivity contribution in [2.75, 3.05) is 29.9 Å². The van der Waals surface area contributed by atoms with E-state index in [0.717, 1.165) is 50.3 Å². The largest absolute Gasteiger partial charge is 0.396 e. The molecule has 1 unspecified atom stereocenters. The number of anilines is 2. The maximum atomic E-state index is 12.2. The molecule has 0 spiro atoms. The van der Waals surface area contributed by atoms with Crippen LogP contribution in [0.1, 0.15) is 39.5 Å². The number of pyridine rings is 1. The number of hydrogen-bond donors (Lipinski definition) is 2. The Bertz CT molecular complexity index is 485. The first-order chi connectivity index (χ1) is 10.7. The molecule has 5 heteroatoms. The van der Waals surface area contributed by atoms with Crippen molar-refractivity contribution < 1.29 is 9.90 Å². The van der Waals surface area contributed by atoms with Gasteiger partial charge in [-0.15, -0.1) is 0 Å². The number of rotatable bonds is 6. The number of piperidine rings is 1. The molecule has 1 atom stereocenters. The molecule has 0 saturated carbocycles. The molecule has 1 aliphatic heterocycles. The zero-order valence-corrected chi connectivity index (χ0v) is 13.6. The Kier molecular flexibility index (Phi) is 6.19. The van der Waals surface area contributed by atoms with Crippen molar-refractivity contribution in [1.82, 2.24) is 4.98 Å². The summed E-state index contributed by atoms with van der Waals surface area (Å²) in [6.07, 6.45) is 5.59. The molecule has 1 amide bonds. The van der Waals surface area contributed by atoms with Crippen LogP contribution in [0.4, 0.5) is 11.5 Å². The van der Waals surface area contributed by atoms with E-state index in [9.17, 15) is 9.90 Å². The molecule has 0 aliphatic carbocycles. The molecule has 122 valence electrons. The van der Waals surface area contributed by atoms with Gasteiger partial charge in [0.05, 0.1) is 5.69 Å². The van der Waals surface area contributed by atoms with Crippen molar-refractivity contribution in [2.45, 2.75) is 39.5 Å². The van der Waals surface area contributed by atoms with Crippen molar-refractivity contribution in [2.24, 2.45) is 11.8 Å². The van der Waals surface area contributed by atoms with Crippen molar-refractivity contribution in [1.29, 1.82) is 0 Å². The molecule has 2 N–H and O–H groups in total. The highest BCUT2D eigenvalue weighted by Crippen LogP contribution is 2.28. The lowest BCUT2D eigenvalue weighted by Gasteiger charge is -2.33. The predicted molar refractivity (Wildman–Crippen MR) is 89.0 cm³/mol. The van der Waals surface area contributed by atoms with E-state index in [1.807, 2.05) is 19.1 Å². The topological polar surface area (TPSA) is 65.5 Å². The van der Waals surface area contributed by atoms with Gasteiger partial charge in [-0.2, -0.15) is 0 Å². The van der Waals surface area contributed by atoms with Gasteiger partial charge in [0.25, 0.3) is 0 Å². The Labute approximate surface area is 132 Å². The Morgan fingerprint density at radius 1 is 1.50 bits per heavy atom. The average Bonchev–Trinajstić information content (AvgIpc) is 2.55. The monoisotopic (exact) mass is 305 g/mol. The summed E-state index contributed by atoms with van der Waals surface area (Å²) in [4.78, 5) is 18.9. The van der Waals surface area contributed by atoms with E-state index in [1.54, 1.807) is 6.20 Å².